The van der Waals surface area contributed by atoms with E-state index in [9.17, 15) is 14.9 Å². The van der Waals surface area contributed by atoms with Gasteiger partial charge in [0.2, 0.25) is 5.91 Å². The van der Waals surface area contributed by atoms with Crippen molar-refractivity contribution in [1.29, 1.82) is 5.26 Å². The summed E-state index contributed by atoms with van der Waals surface area (Å²) in [4.78, 5) is 25.4. The number of amides is 2. The van der Waals surface area contributed by atoms with E-state index in [1.165, 1.54) is 18.0 Å². The minimum absolute atomic E-state index is 0.220. The van der Waals surface area contributed by atoms with Crippen molar-refractivity contribution in [3.63, 3.8) is 0 Å². The monoisotopic (exact) mass is 354 g/mol. The van der Waals surface area contributed by atoms with Gasteiger partial charge in [0.1, 0.15) is 11.6 Å². The molecule has 25 heavy (non-hydrogen) atoms. The maximum Gasteiger partial charge on any atom is 0.267 e. The summed E-state index contributed by atoms with van der Waals surface area (Å²) >= 11 is 5.79. The Kier molecular flexibility index (Phi) is 5.77. The summed E-state index contributed by atoms with van der Waals surface area (Å²) in [5.41, 5.74) is 6.93. The fraction of sp³-hybridized carbons (Fsp3) is 0.0556. The summed E-state index contributed by atoms with van der Waals surface area (Å²) < 4.78 is 0. The number of rotatable bonds is 4. The number of nitrogens with zero attached hydrogens (tertiary/aromatic N) is 2. The molecule has 0 bridgehead atoms. The van der Waals surface area contributed by atoms with Gasteiger partial charge in [0.15, 0.2) is 0 Å². The number of benzene rings is 2. The van der Waals surface area contributed by atoms with Gasteiger partial charge in [0.25, 0.3) is 5.91 Å². The molecule has 6 nitrogen and oxygen atoms in total. The van der Waals surface area contributed by atoms with E-state index < -0.39 is 5.91 Å². The molecule has 0 radical (unpaired) electrons. The van der Waals surface area contributed by atoms with Gasteiger partial charge in [-0.1, -0.05) is 11.6 Å². The van der Waals surface area contributed by atoms with Crippen molar-refractivity contribution in [2.75, 3.05) is 16.0 Å². The predicted molar refractivity (Wildman–Crippen MR) is 97.8 cm³/mol. The Balaban J connectivity index is 2.27. The Morgan fingerprint density at radius 1 is 1.16 bits per heavy atom. The molecule has 2 aromatic rings. The molecule has 0 saturated carbocycles. The largest absolute Gasteiger partial charge is 0.399 e. The Labute approximate surface area is 150 Å². The number of carbonyl (C=O) groups is 2. The number of hydrogen-bond donors (Lipinski definition) is 2. The van der Waals surface area contributed by atoms with Crippen LogP contribution in [0.4, 0.5) is 17.1 Å². The van der Waals surface area contributed by atoms with Crippen LogP contribution < -0.4 is 16.0 Å². The Hall–Kier alpha value is -3.30. The van der Waals surface area contributed by atoms with Crippen LogP contribution in [0.25, 0.3) is 0 Å². The van der Waals surface area contributed by atoms with Gasteiger partial charge in [-0.05, 0) is 48.5 Å². The zero-order valence-corrected chi connectivity index (χ0v) is 14.1. The van der Waals surface area contributed by atoms with Gasteiger partial charge < -0.3 is 11.1 Å². The second-order valence-corrected chi connectivity index (χ2v) is 5.53. The number of hydrogen-bond acceptors (Lipinski definition) is 4. The van der Waals surface area contributed by atoms with Crippen molar-refractivity contribution in [3.8, 4) is 6.07 Å². The molecule has 0 aromatic heterocycles. The van der Waals surface area contributed by atoms with Crippen LogP contribution in [0.15, 0.2) is 60.3 Å². The van der Waals surface area contributed by atoms with E-state index in [1.807, 2.05) is 0 Å². The number of nitriles is 1. The molecule has 0 heterocycles. The van der Waals surface area contributed by atoms with Crippen LogP contribution in [0.5, 0.6) is 0 Å². The fourth-order valence-corrected chi connectivity index (χ4v) is 2.11. The summed E-state index contributed by atoms with van der Waals surface area (Å²) in [6, 6.07) is 14.7. The molecule has 2 aromatic carbocycles. The maximum atomic E-state index is 12.3. The summed E-state index contributed by atoms with van der Waals surface area (Å²) in [5.74, 6) is -0.983. The molecule has 2 amide bonds. The van der Waals surface area contributed by atoms with Crippen molar-refractivity contribution < 1.29 is 9.59 Å². The van der Waals surface area contributed by atoms with Crippen molar-refractivity contribution in [2.45, 2.75) is 6.92 Å². The quantitative estimate of drug-likeness (QED) is 0.499. The Bertz CT molecular complexity index is 852. The molecule has 0 aliphatic rings. The second-order valence-electron chi connectivity index (χ2n) is 5.10. The van der Waals surface area contributed by atoms with Gasteiger partial charge in [-0.2, -0.15) is 5.26 Å². The molecule has 0 aliphatic carbocycles. The Morgan fingerprint density at radius 2 is 1.76 bits per heavy atom. The first-order chi connectivity index (χ1) is 11.9. The van der Waals surface area contributed by atoms with Gasteiger partial charge in [-0.25, -0.2) is 0 Å². The highest BCUT2D eigenvalue weighted by molar-refractivity contribution is 6.30. The predicted octanol–water partition coefficient (Wildman–Crippen LogP) is 3.32. The van der Waals surface area contributed by atoms with Crippen LogP contribution in [0.1, 0.15) is 6.92 Å². The SMILES string of the molecule is CC(=O)N(/C=C(/C#N)C(=O)Nc1ccc(Cl)cc1)c1ccc(N)cc1. The van der Waals surface area contributed by atoms with Crippen LogP contribution >= 0.6 is 11.6 Å². The van der Waals surface area contributed by atoms with Crippen molar-refractivity contribution >= 4 is 40.5 Å². The first-order valence-electron chi connectivity index (χ1n) is 7.25. The molecule has 3 N–H and O–H groups in total. The van der Waals surface area contributed by atoms with E-state index in [2.05, 4.69) is 5.32 Å². The molecular weight excluding hydrogens is 340 g/mol. The number of nitrogens with one attached hydrogen (secondary N) is 1. The number of halogens is 1. The minimum Gasteiger partial charge on any atom is -0.399 e. The molecular formula is C18H15ClN4O2. The van der Waals surface area contributed by atoms with E-state index >= 15 is 0 Å². The second kappa shape index (κ2) is 7.99. The molecule has 0 unspecified atom stereocenters. The lowest BCUT2D eigenvalue weighted by Crippen LogP contribution is -2.25. The molecule has 126 valence electrons. The van der Waals surface area contributed by atoms with Crippen LogP contribution in [-0.4, -0.2) is 11.8 Å². The average Bonchev–Trinajstić information content (AvgIpc) is 2.58. The topological polar surface area (TPSA) is 99.2 Å². The number of carbonyl (C=O) groups excluding carboxylic acids is 2. The number of anilines is 3. The smallest absolute Gasteiger partial charge is 0.267 e. The standard InChI is InChI=1S/C18H15ClN4O2/c1-12(24)23(17-8-4-15(21)5-9-17)11-13(10-20)18(25)22-16-6-2-14(19)3-7-16/h2-9,11H,21H2,1H3,(H,22,25)/b13-11-. The van der Waals surface area contributed by atoms with Crippen LogP contribution in [-0.2, 0) is 9.59 Å². The van der Waals surface area contributed by atoms with Gasteiger partial charge in [0, 0.05) is 35.2 Å². The molecule has 0 aliphatic heterocycles. The average molecular weight is 355 g/mol. The third-order valence-electron chi connectivity index (χ3n) is 3.24. The van der Waals surface area contributed by atoms with E-state index in [1.54, 1.807) is 54.6 Å². The van der Waals surface area contributed by atoms with Crippen LogP contribution in [0.3, 0.4) is 0 Å². The normalized spacial score (nSPS) is 10.7. The lowest BCUT2D eigenvalue weighted by atomic mass is 10.2. The zero-order valence-electron chi connectivity index (χ0n) is 13.4. The van der Waals surface area contributed by atoms with E-state index in [0.29, 0.717) is 22.1 Å². The van der Waals surface area contributed by atoms with E-state index in [4.69, 9.17) is 17.3 Å². The fourth-order valence-electron chi connectivity index (χ4n) is 1.98. The molecule has 0 atom stereocenters. The first-order valence-corrected chi connectivity index (χ1v) is 7.62. The highest BCUT2D eigenvalue weighted by atomic mass is 35.5. The Morgan fingerprint density at radius 3 is 2.28 bits per heavy atom. The summed E-state index contributed by atoms with van der Waals surface area (Å²) in [6.45, 7) is 1.33. The van der Waals surface area contributed by atoms with E-state index in [-0.39, 0.29) is 11.5 Å². The van der Waals surface area contributed by atoms with Gasteiger partial charge in [0.05, 0.1) is 0 Å². The lowest BCUT2D eigenvalue weighted by molar-refractivity contribution is -0.116. The van der Waals surface area contributed by atoms with Crippen molar-refractivity contribution in [2.24, 2.45) is 0 Å². The van der Waals surface area contributed by atoms with Gasteiger partial charge in [-0.3, -0.25) is 14.5 Å². The third kappa shape index (κ3) is 4.83. The van der Waals surface area contributed by atoms with Crippen molar-refractivity contribution in [1.82, 2.24) is 0 Å². The first kappa shape index (κ1) is 18.0. The van der Waals surface area contributed by atoms with Crippen molar-refractivity contribution in [3.05, 3.63) is 65.3 Å². The number of nitrogens with two attached hydrogens (primary N) is 1. The summed E-state index contributed by atoms with van der Waals surface area (Å²) in [6.07, 6.45) is 1.19. The van der Waals surface area contributed by atoms with Gasteiger partial charge in [-0.15, -0.1) is 0 Å². The summed E-state index contributed by atoms with van der Waals surface area (Å²) in [5, 5.41) is 12.4. The van der Waals surface area contributed by atoms with Gasteiger partial charge >= 0.3 is 0 Å². The summed E-state index contributed by atoms with van der Waals surface area (Å²) in [7, 11) is 0. The molecule has 0 fully saturated rings. The zero-order chi connectivity index (χ0) is 18.4. The molecule has 0 spiro atoms. The van der Waals surface area contributed by atoms with Crippen LogP contribution in [0.2, 0.25) is 5.02 Å². The molecule has 2 rings (SSSR count). The molecule has 7 heteroatoms. The lowest BCUT2D eigenvalue weighted by Gasteiger charge is -2.17. The number of nitrogen functional groups attached to an aromatic ring is 1. The highest BCUT2D eigenvalue weighted by Crippen LogP contribution is 2.19. The maximum absolute atomic E-state index is 12.3. The minimum atomic E-state index is -0.633. The van der Waals surface area contributed by atoms with E-state index in [0.717, 1.165) is 0 Å². The van der Waals surface area contributed by atoms with Crippen LogP contribution in [0, 0.1) is 11.3 Å². The highest BCUT2D eigenvalue weighted by Gasteiger charge is 2.15. The molecule has 0 saturated heterocycles. The third-order valence-corrected chi connectivity index (χ3v) is 3.49.